The second-order valence-electron chi connectivity index (χ2n) is 4.26. The first-order valence-electron chi connectivity index (χ1n) is 6.03. The summed E-state index contributed by atoms with van der Waals surface area (Å²) in [5.41, 5.74) is 0. The van der Waals surface area contributed by atoms with Crippen molar-refractivity contribution in [3.63, 3.8) is 0 Å². The molecule has 102 valence electrons. The molecule has 0 radical (unpaired) electrons. The van der Waals surface area contributed by atoms with Gasteiger partial charge < -0.3 is 9.64 Å². The number of aryl methyl sites for hydroxylation is 1. The quantitative estimate of drug-likeness (QED) is 0.689. The molecule has 1 unspecified atom stereocenters. The Hall–Kier alpha value is -0.580. The van der Waals surface area contributed by atoms with Crippen LogP contribution in [0.2, 0.25) is 0 Å². The lowest BCUT2D eigenvalue weighted by Gasteiger charge is -2.20. The van der Waals surface area contributed by atoms with Crippen LogP contribution in [0.25, 0.3) is 0 Å². The molecule has 0 aliphatic carbocycles. The van der Waals surface area contributed by atoms with Crippen molar-refractivity contribution >= 4 is 28.8 Å². The van der Waals surface area contributed by atoms with E-state index < -0.39 is 0 Å². The molecular formula is C13H20ClNO2S. The summed E-state index contributed by atoms with van der Waals surface area (Å²) in [4.78, 5) is 14.9. The third-order valence-electron chi connectivity index (χ3n) is 2.64. The number of carbonyl (C=O) groups excluding carboxylic acids is 1. The van der Waals surface area contributed by atoms with Crippen LogP contribution in [0.3, 0.4) is 0 Å². The van der Waals surface area contributed by atoms with Gasteiger partial charge in [0.05, 0.1) is 12.0 Å². The van der Waals surface area contributed by atoms with Crippen LogP contribution in [0, 0.1) is 0 Å². The number of rotatable bonds is 8. The predicted molar refractivity (Wildman–Crippen MR) is 76.4 cm³/mol. The zero-order chi connectivity index (χ0) is 13.4. The van der Waals surface area contributed by atoms with Gasteiger partial charge in [-0.1, -0.05) is 6.07 Å². The van der Waals surface area contributed by atoms with Crippen LogP contribution in [0.5, 0.6) is 0 Å². The van der Waals surface area contributed by atoms with E-state index in [1.54, 1.807) is 30.4 Å². The summed E-state index contributed by atoms with van der Waals surface area (Å²) in [6.07, 6.45) is 2.44. The molecule has 1 rings (SSSR count). The smallest absolute Gasteiger partial charge is 0.222 e. The largest absolute Gasteiger partial charge is 0.383 e. The molecule has 1 aromatic rings. The van der Waals surface area contributed by atoms with Crippen molar-refractivity contribution in [2.75, 3.05) is 27.3 Å². The number of halogens is 1. The maximum Gasteiger partial charge on any atom is 0.222 e. The highest BCUT2D eigenvalue weighted by Gasteiger charge is 2.13. The van der Waals surface area contributed by atoms with Gasteiger partial charge in [0.2, 0.25) is 5.91 Å². The first-order valence-corrected chi connectivity index (χ1v) is 7.34. The summed E-state index contributed by atoms with van der Waals surface area (Å²) >= 11 is 7.76. The number of hydrogen-bond acceptors (Lipinski definition) is 3. The summed E-state index contributed by atoms with van der Waals surface area (Å²) in [6.45, 7) is 1.00. The minimum atomic E-state index is -0.138. The second-order valence-corrected chi connectivity index (χ2v) is 5.91. The molecule has 0 aliphatic rings. The Morgan fingerprint density at radius 1 is 1.61 bits per heavy atom. The van der Waals surface area contributed by atoms with Gasteiger partial charge in [0.15, 0.2) is 0 Å². The van der Waals surface area contributed by atoms with Gasteiger partial charge in [-0.3, -0.25) is 4.79 Å². The van der Waals surface area contributed by atoms with E-state index in [0.717, 1.165) is 12.8 Å². The van der Waals surface area contributed by atoms with E-state index >= 15 is 0 Å². The fourth-order valence-electron chi connectivity index (χ4n) is 1.69. The molecule has 0 fully saturated rings. The number of amides is 1. The Balaban J connectivity index is 2.19. The normalized spacial score (nSPS) is 12.4. The summed E-state index contributed by atoms with van der Waals surface area (Å²) < 4.78 is 4.95. The lowest BCUT2D eigenvalue weighted by atomic mass is 10.2. The van der Waals surface area contributed by atoms with E-state index in [0.29, 0.717) is 19.6 Å². The predicted octanol–water partition coefficient (Wildman–Crippen LogP) is 2.78. The fourth-order valence-corrected chi connectivity index (χ4v) is 2.78. The molecule has 0 spiro atoms. The van der Waals surface area contributed by atoms with E-state index in [4.69, 9.17) is 16.3 Å². The van der Waals surface area contributed by atoms with Crippen LogP contribution < -0.4 is 0 Å². The molecular weight excluding hydrogens is 270 g/mol. The zero-order valence-electron chi connectivity index (χ0n) is 10.9. The van der Waals surface area contributed by atoms with Crippen molar-refractivity contribution in [2.24, 2.45) is 0 Å². The Morgan fingerprint density at radius 3 is 3.00 bits per heavy atom. The van der Waals surface area contributed by atoms with Crippen LogP contribution in [-0.2, 0) is 16.0 Å². The molecule has 0 saturated heterocycles. The van der Waals surface area contributed by atoms with Crippen LogP contribution in [0.1, 0.15) is 17.7 Å². The minimum absolute atomic E-state index is 0.138. The number of thiophene rings is 1. The molecule has 1 amide bonds. The molecule has 3 nitrogen and oxygen atoms in total. The zero-order valence-corrected chi connectivity index (χ0v) is 12.5. The molecule has 0 N–H and O–H groups in total. The molecule has 0 saturated carbocycles. The van der Waals surface area contributed by atoms with E-state index in [1.807, 2.05) is 6.07 Å². The minimum Gasteiger partial charge on any atom is -0.383 e. The number of hydrogen-bond donors (Lipinski definition) is 0. The number of methoxy groups -OCH3 is 1. The lowest BCUT2D eigenvalue weighted by molar-refractivity contribution is -0.130. The van der Waals surface area contributed by atoms with Gasteiger partial charge in [-0.15, -0.1) is 22.9 Å². The van der Waals surface area contributed by atoms with Crippen molar-refractivity contribution in [1.29, 1.82) is 0 Å². The van der Waals surface area contributed by atoms with Gasteiger partial charge in [0, 0.05) is 32.0 Å². The molecule has 0 aromatic carbocycles. The first-order chi connectivity index (χ1) is 8.63. The maximum atomic E-state index is 11.8. The van der Waals surface area contributed by atoms with Gasteiger partial charge in [-0.05, 0) is 24.3 Å². The average molecular weight is 290 g/mol. The number of nitrogens with zero attached hydrogens (tertiary/aromatic N) is 1. The van der Waals surface area contributed by atoms with Crippen molar-refractivity contribution in [3.05, 3.63) is 22.4 Å². The number of alkyl halides is 1. The van der Waals surface area contributed by atoms with Crippen LogP contribution in [0.15, 0.2) is 17.5 Å². The molecule has 1 aromatic heterocycles. The summed E-state index contributed by atoms with van der Waals surface area (Å²) in [5.74, 6) is 0.147. The van der Waals surface area contributed by atoms with Crippen molar-refractivity contribution in [3.8, 4) is 0 Å². The molecule has 1 heterocycles. The Kier molecular flexibility index (Phi) is 7.32. The van der Waals surface area contributed by atoms with Crippen LogP contribution in [-0.4, -0.2) is 43.5 Å². The number of ether oxygens (including phenoxy) is 1. The van der Waals surface area contributed by atoms with Crippen LogP contribution in [0.4, 0.5) is 0 Å². The summed E-state index contributed by atoms with van der Waals surface area (Å²) in [6, 6.07) is 4.14. The standard InChI is InChI=1S/C13H20ClNO2S/c1-15(9-11(14)10-17-2)13(16)7-3-5-12-6-4-8-18-12/h4,6,8,11H,3,5,7,9-10H2,1-2H3. The lowest BCUT2D eigenvalue weighted by Crippen LogP contribution is -2.33. The Morgan fingerprint density at radius 2 is 2.39 bits per heavy atom. The number of carbonyl (C=O) groups is 1. The monoisotopic (exact) mass is 289 g/mol. The summed E-state index contributed by atoms with van der Waals surface area (Å²) in [5, 5.41) is 1.92. The Labute approximate surface area is 118 Å². The van der Waals surface area contributed by atoms with Gasteiger partial charge >= 0.3 is 0 Å². The van der Waals surface area contributed by atoms with Gasteiger partial charge in [0.1, 0.15) is 0 Å². The first kappa shape index (κ1) is 15.5. The SMILES string of the molecule is COCC(Cl)CN(C)C(=O)CCCc1cccs1. The average Bonchev–Trinajstić information content (AvgIpc) is 2.82. The van der Waals surface area contributed by atoms with Crippen molar-refractivity contribution < 1.29 is 9.53 Å². The maximum absolute atomic E-state index is 11.8. The van der Waals surface area contributed by atoms with Gasteiger partial charge in [-0.25, -0.2) is 0 Å². The van der Waals surface area contributed by atoms with Crippen LogP contribution >= 0.6 is 22.9 Å². The Bertz CT molecular complexity index is 343. The van der Waals surface area contributed by atoms with E-state index in [2.05, 4.69) is 11.4 Å². The van der Waals surface area contributed by atoms with Gasteiger partial charge in [-0.2, -0.15) is 0 Å². The van der Waals surface area contributed by atoms with E-state index in [1.165, 1.54) is 4.88 Å². The third-order valence-corrected chi connectivity index (χ3v) is 3.84. The van der Waals surface area contributed by atoms with Gasteiger partial charge in [0.25, 0.3) is 0 Å². The highest BCUT2D eigenvalue weighted by Crippen LogP contribution is 2.12. The molecule has 18 heavy (non-hydrogen) atoms. The highest BCUT2D eigenvalue weighted by atomic mass is 35.5. The van der Waals surface area contributed by atoms with Crippen molar-refractivity contribution in [1.82, 2.24) is 4.90 Å². The highest BCUT2D eigenvalue weighted by molar-refractivity contribution is 7.09. The second kappa shape index (κ2) is 8.51. The molecule has 5 heteroatoms. The third kappa shape index (κ3) is 5.85. The van der Waals surface area contributed by atoms with Crippen molar-refractivity contribution in [2.45, 2.75) is 24.6 Å². The molecule has 0 aliphatic heterocycles. The molecule has 1 atom stereocenters. The summed E-state index contributed by atoms with van der Waals surface area (Å²) in [7, 11) is 3.40. The topological polar surface area (TPSA) is 29.5 Å². The van der Waals surface area contributed by atoms with E-state index in [9.17, 15) is 4.79 Å². The fraction of sp³-hybridized carbons (Fsp3) is 0.615. The van der Waals surface area contributed by atoms with E-state index in [-0.39, 0.29) is 11.3 Å². The molecule has 0 bridgehead atoms.